The molecule has 0 bridgehead atoms. The molecule has 1 unspecified atom stereocenters. The molecule has 1 atom stereocenters. The van der Waals surface area contributed by atoms with Gasteiger partial charge in [-0.1, -0.05) is 13.8 Å². The molecule has 0 spiro atoms. The first-order chi connectivity index (χ1) is 6.56. The Hall–Kier alpha value is -0.190. The van der Waals surface area contributed by atoms with Crippen molar-refractivity contribution in [1.29, 1.82) is 0 Å². The van der Waals surface area contributed by atoms with Gasteiger partial charge in [-0.3, -0.25) is 4.79 Å². The summed E-state index contributed by atoms with van der Waals surface area (Å²) in [7, 11) is 1.82. The van der Waals surface area contributed by atoms with Gasteiger partial charge in [0.25, 0.3) is 0 Å². The summed E-state index contributed by atoms with van der Waals surface area (Å²) >= 11 is 4.84. The van der Waals surface area contributed by atoms with Gasteiger partial charge < -0.3 is 5.32 Å². The monoisotopic (exact) mass is 275 g/mol. The molecule has 1 rings (SSSR count). The highest BCUT2D eigenvalue weighted by Crippen LogP contribution is 2.24. The standard InChI is InChI=1S/C10H14BrNOS/c1-6(2)9(12-3)10(13)7-4-5-8(11)14-7/h4-6,9,12H,1-3H3. The van der Waals surface area contributed by atoms with Gasteiger partial charge in [0.1, 0.15) is 0 Å². The Labute approximate surface area is 96.8 Å². The Balaban J connectivity index is 2.83. The number of hydrogen-bond donors (Lipinski definition) is 1. The van der Waals surface area contributed by atoms with Crippen LogP contribution in [0.2, 0.25) is 0 Å². The lowest BCUT2D eigenvalue weighted by molar-refractivity contribution is 0.0926. The highest BCUT2D eigenvalue weighted by atomic mass is 79.9. The van der Waals surface area contributed by atoms with Crippen molar-refractivity contribution < 1.29 is 4.79 Å². The van der Waals surface area contributed by atoms with Crippen molar-refractivity contribution in [2.75, 3.05) is 7.05 Å². The summed E-state index contributed by atoms with van der Waals surface area (Å²) in [5, 5.41) is 3.05. The Morgan fingerprint density at radius 3 is 2.50 bits per heavy atom. The van der Waals surface area contributed by atoms with Gasteiger partial charge in [0.2, 0.25) is 0 Å². The summed E-state index contributed by atoms with van der Waals surface area (Å²) in [5.74, 6) is 0.492. The number of ketones is 1. The summed E-state index contributed by atoms with van der Waals surface area (Å²) < 4.78 is 0.999. The topological polar surface area (TPSA) is 29.1 Å². The van der Waals surface area contributed by atoms with Crippen LogP contribution in [0.1, 0.15) is 23.5 Å². The van der Waals surface area contributed by atoms with Gasteiger partial charge >= 0.3 is 0 Å². The molecule has 1 N–H and O–H groups in total. The third-order valence-corrected chi connectivity index (χ3v) is 3.71. The fourth-order valence-corrected chi connectivity index (χ4v) is 2.73. The van der Waals surface area contributed by atoms with E-state index >= 15 is 0 Å². The SMILES string of the molecule is CNC(C(=O)c1ccc(Br)s1)C(C)C. The highest BCUT2D eigenvalue weighted by Gasteiger charge is 2.22. The molecule has 4 heteroatoms. The van der Waals surface area contributed by atoms with Crippen LogP contribution in [0.25, 0.3) is 0 Å². The van der Waals surface area contributed by atoms with Gasteiger partial charge in [-0.05, 0) is 41.0 Å². The molecule has 0 aliphatic heterocycles. The molecule has 14 heavy (non-hydrogen) atoms. The number of carbonyl (C=O) groups is 1. The van der Waals surface area contributed by atoms with Crippen molar-refractivity contribution in [3.8, 4) is 0 Å². The van der Waals surface area contributed by atoms with E-state index in [9.17, 15) is 4.79 Å². The predicted octanol–water partition coefficient (Wildman–Crippen LogP) is 2.94. The summed E-state index contributed by atoms with van der Waals surface area (Å²) in [6.07, 6.45) is 0. The fraction of sp³-hybridized carbons (Fsp3) is 0.500. The minimum atomic E-state index is -0.0828. The first-order valence-electron chi connectivity index (χ1n) is 4.53. The first-order valence-corrected chi connectivity index (χ1v) is 6.14. The maximum absolute atomic E-state index is 12.0. The zero-order chi connectivity index (χ0) is 10.7. The first kappa shape index (κ1) is 11.9. The second-order valence-corrected chi connectivity index (χ2v) is 5.94. The maximum Gasteiger partial charge on any atom is 0.189 e. The van der Waals surface area contributed by atoms with Crippen molar-refractivity contribution in [3.63, 3.8) is 0 Å². The minimum Gasteiger partial charge on any atom is -0.310 e. The van der Waals surface area contributed by atoms with Gasteiger partial charge in [-0.25, -0.2) is 0 Å². The third-order valence-electron chi connectivity index (χ3n) is 2.08. The molecule has 2 nitrogen and oxygen atoms in total. The van der Waals surface area contributed by atoms with Crippen molar-refractivity contribution in [3.05, 3.63) is 20.8 Å². The van der Waals surface area contributed by atoms with Crippen LogP contribution in [0, 0.1) is 5.92 Å². The molecular weight excluding hydrogens is 262 g/mol. The van der Waals surface area contributed by atoms with Crippen LogP contribution in [0.15, 0.2) is 15.9 Å². The molecule has 1 heterocycles. The largest absolute Gasteiger partial charge is 0.310 e. The number of rotatable bonds is 4. The van der Waals surface area contributed by atoms with E-state index in [-0.39, 0.29) is 11.8 Å². The van der Waals surface area contributed by atoms with E-state index in [0.29, 0.717) is 5.92 Å². The number of likely N-dealkylation sites (N-methyl/N-ethyl adjacent to an activating group) is 1. The number of halogens is 1. The molecule has 0 aliphatic carbocycles. The fourth-order valence-electron chi connectivity index (χ4n) is 1.37. The number of hydrogen-bond acceptors (Lipinski definition) is 3. The zero-order valence-corrected chi connectivity index (χ0v) is 10.9. The van der Waals surface area contributed by atoms with Gasteiger partial charge in [0.05, 0.1) is 14.7 Å². The molecule has 0 radical (unpaired) electrons. The second kappa shape index (κ2) is 5.05. The molecule has 0 aromatic carbocycles. The Bertz CT molecular complexity index is 322. The minimum absolute atomic E-state index is 0.0828. The average Bonchev–Trinajstić information content (AvgIpc) is 2.52. The van der Waals surface area contributed by atoms with Gasteiger partial charge in [-0.2, -0.15) is 0 Å². The van der Waals surface area contributed by atoms with E-state index in [1.807, 2.05) is 33.0 Å². The molecule has 0 aliphatic rings. The molecule has 0 amide bonds. The summed E-state index contributed by atoms with van der Waals surface area (Å²) in [6.45, 7) is 4.09. The van der Waals surface area contributed by atoms with Gasteiger partial charge in [0.15, 0.2) is 5.78 Å². The smallest absolute Gasteiger partial charge is 0.189 e. The zero-order valence-electron chi connectivity index (χ0n) is 8.50. The van der Waals surface area contributed by atoms with E-state index in [2.05, 4.69) is 21.2 Å². The second-order valence-electron chi connectivity index (χ2n) is 3.48. The van der Waals surface area contributed by atoms with Crippen molar-refractivity contribution in [2.45, 2.75) is 19.9 Å². The van der Waals surface area contributed by atoms with E-state index in [1.165, 1.54) is 11.3 Å². The van der Waals surface area contributed by atoms with Crippen LogP contribution in [0.3, 0.4) is 0 Å². The van der Waals surface area contributed by atoms with E-state index < -0.39 is 0 Å². The molecule has 0 fully saturated rings. The van der Waals surface area contributed by atoms with Gasteiger partial charge in [-0.15, -0.1) is 11.3 Å². The number of carbonyl (C=O) groups excluding carboxylic acids is 1. The lowest BCUT2D eigenvalue weighted by Gasteiger charge is -2.17. The van der Waals surface area contributed by atoms with Crippen LogP contribution in [-0.2, 0) is 0 Å². The molecule has 0 saturated carbocycles. The van der Waals surface area contributed by atoms with Crippen molar-refractivity contribution in [2.24, 2.45) is 5.92 Å². The number of Topliss-reactive ketones (excluding diaryl/α,β-unsaturated/α-hetero) is 1. The van der Waals surface area contributed by atoms with Crippen LogP contribution in [0.5, 0.6) is 0 Å². The lowest BCUT2D eigenvalue weighted by atomic mass is 9.99. The van der Waals surface area contributed by atoms with E-state index in [1.54, 1.807) is 0 Å². The van der Waals surface area contributed by atoms with Crippen molar-refractivity contribution in [1.82, 2.24) is 5.32 Å². The van der Waals surface area contributed by atoms with Crippen molar-refractivity contribution >= 4 is 33.0 Å². The maximum atomic E-state index is 12.0. The van der Waals surface area contributed by atoms with Crippen LogP contribution >= 0.6 is 27.3 Å². The third kappa shape index (κ3) is 2.65. The Morgan fingerprint density at radius 1 is 1.50 bits per heavy atom. The lowest BCUT2D eigenvalue weighted by Crippen LogP contribution is -2.38. The molecule has 1 aromatic heterocycles. The number of nitrogens with one attached hydrogen (secondary N) is 1. The molecule has 78 valence electrons. The Morgan fingerprint density at radius 2 is 2.14 bits per heavy atom. The Kier molecular flexibility index (Phi) is 4.29. The summed E-state index contributed by atoms with van der Waals surface area (Å²) in [5.41, 5.74) is 0. The van der Waals surface area contributed by atoms with Crippen LogP contribution in [0.4, 0.5) is 0 Å². The van der Waals surface area contributed by atoms with Gasteiger partial charge in [0, 0.05) is 0 Å². The predicted molar refractivity (Wildman–Crippen MR) is 64.0 cm³/mol. The molecular formula is C10H14BrNOS. The molecule has 0 saturated heterocycles. The number of thiophene rings is 1. The van der Waals surface area contributed by atoms with Crippen LogP contribution in [-0.4, -0.2) is 18.9 Å². The van der Waals surface area contributed by atoms with E-state index in [4.69, 9.17) is 0 Å². The summed E-state index contributed by atoms with van der Waals surface area (Å²) in [4.78, 5) is 12.8. The molecule has 1 aromatic rings. The highest BCUT2D eigenvalue weighted by molar-refractivity contribution is 9.11. The summed E-state index contributed by atoms with van der Waals surface area (Å²) in [6, 6.07) is 3.69. The normalized spacial score (nSPS) is 13.2. The van der Waals surface area contributed by atoms with Crippen LogP contribution < -0.4 is 5.32 Å². The average molecular weight is 276 g/mol. The quantitative estimate of drug-likeness (QED) is 0.857. The van der Waals surface area contributed by atoms with E-state index in [0.717, 1.165) is 8.66 Å².